The maximum absolute atomic E-state index is 11.3. The molecule has 1 rings (SSSR count). The first-order chi connectivity index (χ1) is 7.17. The molecular formula is C12H14O3. The molecule has 0 bridgehead atoms. The Bertz CT molecular complexity index is 345. The smallest absolute Gasteiger partial charge is 0.340 e. The fourth-order valence-corrected chi connectivity index (χ4v) is 1.53. The van der Waals surface area contributed by atoms with Gasteiger partial charge in [-0.3, -0.25) is 0 Å². The zero-order valence-corrected chi connectivity index (χ0v) is 8.64. The number of carbonyl (C=O) groups is 1. The van der Waals surface area contributed by atoms with Crippen molar-refractivity contribution >= 4 is 5.97 Å². The van der Waals surface area contributed by atoms with E-state index in [0.29, 0.717) is 5.56 Å². The lowest BCUT2D eigenvalue weighted by Crippen LogP contribution is -2.37. The van der Waals surface area contributed by atoms with E-state index in [-0.39, 0.29) is 6.42 Å². The molecule has 3 nitrogen and oxygen atoms in total. The lowest BCUT2D eigenvalue weighted by molar-refractivity contribution is -0.163. The van der Waals surface area contributed by atoms with E-state index < -0.39 is 11.6 Å². The Balaban J connectivity index is 3.21. The molecule has 0 aliphatic rings. The fourth-order valence-electron chi connectivity index (χ4n) is 1.53. The maximum Gasteiger partial charge on any atom is 0.340 e. The van der Waals surface area contributed by atoms with Crippen molar-refractivity contribution in [2.24, 2.45) is 0 Å². The van der Waals surface area contributed by atoms with Crippen LogP contribution in [0, 0.1) is 0 Å². The van der Waals surface area contributed by atoms with Crippen LogP contribution in [-0.2, 0) is 15.1 Å². The second-order valence-corrected chi connectivity index (χ2v) is 3.20. The molecule has 3 heteroatoms. The number of ether oxygens (including phenoxy) is 1. The molecule has 0 radical (unpaired) electrons. The SMILES string of the molecule is C=CC[C@@](OC)(C(=O)O)c1ccccc1. The molecule has 0 saturated carbocycles. The van der Waals surface area contributed by atoms with Crippen molar-refractivity contribution in [3.8, 4) is 0 Å². The van der Waals surface area contributed by atoms with E-state index in [1.807, 2.05) is 6.07 Å². The van der Waals surface area contributed by atoms with Gasteiger partial charge in [0.1, 0.15) is 0 Å². The van der Waals surface area contributed by atoms with Crippen LogP contribution in [0.3, 0.4) is 0 Å². The van der Waals surface area contributed by atoms with Gasteiger partial charge in [-0.2, -0.15) is 0 Å². The summed E-state index contributed by atoms with van der Waals surface area (Å²) in [6.45, 7) is 3.56. The van der Waals surface area contributed by atoms with Gasteiger partial charge in [-0.1, -0.05) is 36.4 Å². The van der Waals surface area contributed by atoms with Crippen molar-refractivity contribution < 1.29 is 14.6 Å². The molecule has 0 aliphatic carbocycles. The first-order valence-corrected chi connectivity index (χ1v) is 4.62. The quantitative estimate of drug-likeness (QED) is 0.751. The molecule has 0 amide bonds. The second kappa shape index (κ2) is 4.75. The Hall–Kier alpha value is -1.61. The van der Waals surface area contributed by atoms with Crippen LogP contribution < -0.4 is 0 Å². The van der Waals surface area contributed by atoms with Crippen LogP contribution in [0.4, 0.5) is 0 Å². The highest BCUT2D eigenvalue weighted by atomic mass is 16.5. The van der Waals surface area contributed by atoms with Gasteiger partial charge in [-0.25, -0.2) is 4.79 Å². The van der Waals surface area contributed by atoms with Gasteiger partial charge in [0.05, 0.1) is 0 Å². The summed E-state index contributed by atoms with van der Waals surface area (Å²) in [7, 11) is 1.39. The molecule has 1 aromatic carbocycles. The zero-order chi connectivity index (χ0) is 11.3. The normalized spacial score (nSPS) is 14.2. The van der Waals surface area contributed by atoms with Crippen LogP contribution in [0.2, 0.25) is 0 Å². The minimum atomic E-state index is -1.32. The lowest BCUT2D eigenvalue weighted by atomic mass is 9.90. The van der Waals surface area contributed by atoms with Gasteiger partial charge in [-0.05, 0) is 5.56 Å². The summed E-state index contributed by atoms with van der Waals surface area (Å²) >= 11 is 0. The summed E-state index contributed by atoms with van der Waals surface area (Å²) in [5.74, 6) is -1.00. The van der Waals surface area contributed by atoms with Crippen LogP contribution in [0.25, 0.3) is 0 Å². The number of methoxy groups -OCH3 is 1. The molecule has 1 atom stereocenters. The molecule has 0 fully saturated rings. The van der Waals surface area contributed by atoms with Crippen molar-refractivity contribution in [1.29, 1.82) is 0 Å². The largest absolute Gasteiger partial charge is 0.479 e. The molecule has 80 valence electrons. The first-order valence-electron chi connectivity index (χ1n) is 4.62. The Morgan fingerprint density at radius 1 is 1.53 bits per heavy atom. The molecule has 0 spiro atoms. The number of benzene rings is 1. The number of carboxylic acid groups (broad SMARTS) is 1. The Morgan fingerprint density at radius 2 is 2.13 bits per heavy atom. The summed E-state index contributed by atoms with van der Waals surface area (Å²) in [4.78, 5) is 11.3. The van der Waals surface area contributed by atoms with Crippen molar-refractivity contribution in [2.45, 2.75) is 12.0 Å². The predicted molar refractivity (Wildman–Crippen MR) is 57.6 cm³/mol. The number of carboxylic acids is 1. The van der Waals surface area contributed by atoms with Gasteiger partial charge in [0.25, 0.3) is 0 Å². The van der Waals surface area contributed by atoms with E-state index in [1.54, 1.807) is 30.3 Å². The van der Waals surface area contributed by atoms with Crippen molar-refractivity contribution in [3.05, 3.63) is 48.6 Å². The van der Waals surface area contributed by atoms with Crippen LogP contribution in [0.15, 0.2) is 43.0 Å². The van der Waals surface area contributed by atoms with E-state index in [9.17, 15) is 9.90 Å². The van der Waals surface area contributed by atoms with Gasteiger partial charge in [-0.15, -0.1) is 6.58 Å². The number of hydrogen-bond donors (Lipinski definition) is 1. The van der Waals surface area contributed by atoms with E-state index in [0.717, 1.165) is 0 Å². The van der Waals surface area contributed by atoms with Crippen molar-refractivity contribution in [3.63, 3.8) is 0 Å². The number of rotatable bonds is 5. The standard InChI is InChI=1S/C12H14O3/c1-3-9-12(15-2,11(13)14)10-7-5-4-6-8-10/h3-8H,1,9H2,2H3,(H,13,14)/t12-/m0/s1. The van der Waals surface area contributed by atoms with Gasteiger partial charge >= 0.3 is 5.97 Å². The summed E-state index contributed by atoms with van der Waals surface area (Å²) in [5, 5.41) is 9.24. The van der Waals surface area contributed by atoms with Crippen LogP contribution in [0.5, 0.6) is 0 Å². The third kappa shape index (κ3) is 2.07. The molecule has 15 heavy (non-hydrogen) atoms. The third-order valence-corrected chi connectivity index (χ3v) is 2.37. The summed E-state index contributed by atoms with van der Waals surface area (Å²) in [5.41, 5.74) is -0.692. The highest BCUT2D eigenvalue weighted by Gasteiger charge is 2.39. The predicted octanol–water partition coefficient (Wildman–Crippen LogP) is 2.19. The highest BCUT2D eigenvalue weighted by Crippen LogP contribution is 2.29. The van der Waals surface area contributed by atoms with Gasteiger partial charge in [0.15, 0.2) is 5.60 Å². The van der Waals surface area contributed by atoms with Crippen LogP contribution >= 0.6 is 0 Å². The lowest BCUT2D eigenvalue weighted by Gasteiger charge is -2.27. The van der Waals surface area contributed by atoms with E-state index in [1.165, 1.54) is 7.11 Å². The molecular weight excluding hydrogens is 192 g/mol. The Morgan fingerprint density at radius 3 is 2.53 bits per heavy atom. The number of hydrogen-bond acceptors (Lipinski definition) is 2. The highest BCUT2D eigenvalue weighted by molar-refractivity contribution is 5.79. The Kier molecular flexibility index (Phi) is 3.63. The monoisotopic (exact) mass is 206 g/mol. The van der Waals surface area contributed by atoms with Crippen LogP contribution in [-0.4, -0.2) is 18.2 Å². The fraction of sp³-hybridized carbons (Fsp3) is 0.250. The topological polar surface area (TPSA) is 46.5 Å². The van der Waals surface area contributed by atoms with E-state index >= 15 is 0 Å². The summed E-state index contributed by atoms with van der Waals surface area (Å²) in [6, 6.07) is 8.88. The van der Waals surface area contributed by atoms with Crippen molar-refractivity contribution in [1.82, 2.24) is 0 Å². The number of aliphatic carboxylic acids is 1. The van der Waals surface area contributed by atoms with Gasteiger partial charge in [0.2, 0.25) is 0 Å². The minimum Gasteiger partial charge on any atom is -0.479 e. The molecule has 0 saturated heterocycles. The third-order valence-electron chi connectivity index (χ3n) is 2.37. The van der Waals surface area contributed by atoms with Crippen molar-refractivity contribution in [2.75, 3.05) is 7.11 Å². The average Bonchev–Trinajstić information content (AvgIpc) is 2.26. The molecule has 1 N–H and O–H groups in total. The minimum absolute atomic E-state index is 0.239. The second-order valence-electron chi connectivity index (χ2n) is 3.20. The molecule has 0 aromatic heterocycles. The van der Waals surface area contributed by atoms with Crippen LogP contribution in [0.1, 0.15) is 12.0 Å². The first kappa shape index (κ1) is 11.5. The van der Waals surface area contributed by atoms with E-state index in [4.69, 9.17) is 4.74 Å². The summed E-state index contributed by atoms with van der Waals surface area (Å²) < 4.78 is 5.16. The molecule has 0 unspecified atom stereocenters. The average molecular weight is 206 g/mol. The zero-order valence-electron chi connectivity index (χ0n) is 8.64. The van der Waals surface area contributed by atoms with Gasteiger partial charge in [0, 0.05) is 13.5 Å². The summed E-state index contributed by atoms with van der Waals surface area (Å²) in [6.07, 6.45) is 1.79. The Labute approximate surface area is 89.0 Å². The van der Waals surface area contributed by atoms with Gasteiger partial charge < -0.3 is 9.84 Å². The maximum atomic E-state index is 11.3. The molecule has 1 aromatic rings. The van der Waals surface area contributed by atoms with E-state index in [2.05, 4.69) is 6.58 Å². The molecule has 0 heterocycles. The molecule has 0 aliphatic heterocycles.